The fourth-order valence-electron chi connectivity index (χ4n) is 5.23. The molecule has 2 aliphatic heterocycles. The van der Waals surface area contributed by atoms with Gasteiger partial charge in [0.15, 0.2) is 11.6 Å². The number of Topliss-reactive ketones (excluding diaryl/α,β-unsaturated/α-hetero) is 1. The lowest BCUT2D eigenvalue weighted by atomic mass is 9.92. The van der Waals surface area contributed by atoms with Crippen LogP contribution < -0.4 is 16.4 Å². The Labute approximate surface area is 199 Å². The normalized spacial score (nSPS) is 27.4. The summed E-state index contributed by atoms with van der Waals surface area (Å²) in [5.41, 5.74) is 5.43. The van der Waals surface area contributed by atoms with Crippen LogP contribution in [0.3, 0.4) is 0 Å². The Morgan fingerprint density at radius 1 is 1.26 bits per heavy atom. The van der Waals surface area contributed by atoms with Gasteiger partial charge in [0.05, 0.1) is 6.04 Å². The lowest BCUT2D eigenvalue weighted by Crippen LogP contribution is -2.54. The number of ether oxygens (including phenoxy) is 1. The molecule has 3 amide bonds. The summed E-state index contributed by atoms with van der Waals surface area (Å²) in [6.07, 6.45) is -1.65. The molecular formula is C22H29F3N4O6. The number of fused-ring (bicyclic) bond motifs is 1. The Morgan fingerprint density at radius 3 is 2.57 bits per heavy atom. The molecule has 13 heteroatoms. The van der Waals surface area contributed by atoms with Crippen LogP contribution in [0.1, 0.15) is 39.0 Å². The standard InChI is InChI=1S/C22H29F3N4O6/c1-11(30)7-15(26)21(34)29-9-13-3-2-4-14(13)18(29)20(33)28-16(8-12-5-6-27-19(12)32)17(31)10-35-22(23,24)25/h7,12-14,16,18H,2-6,8-10,26H2,1H3,(H,27,32)(H,28,33)/t12-,13-,14-,16-,18-/m0/s1. The van der Waals surface area contributed by atoms with Crippen LogP contribution in [0.25, 0.3) is 0 Å². The number of rotatable bonds is 9. The Bertz CT molecular complexity index is 921. The van der Waals surface area contributed by atoms with Gasteiger partial charge in [-0.1, -0.05) is 6.42 Å². The molecule has 194 valence electrons. The Hall–Kier alpha value is -2.96. The Morgan fingerprint density at radius 2 is 1.97 bits per heavy atom. The van der Waals surface area contributed by atoms with Crippen LogP contribution in [0.15, 0.2) is 11.8 Å². The molecule has 35 heavy (non-hydrogen) atoms. The summed E-state index contributed by atoms with van der Waals surface area (Å²) in [5.74, 6) is -4.12. The predicted octanol–water partition coefficient (Wildman–Crippen LogP) is 0.162. The van der Waals surface area contributed by atoms with E-state index in [2.05, 4.69) is 15.4 Å². The van der Waals surface area contributed by atoms with Crippen molar-refractivity contribution in [3.63, 3.8) is 0 Å². The van der Waals surface area contributed by atoms with E-state index >= 15 is 0 Å². The highest BCUT2D eigenvalue weighted by atomic mass is 19.4. The van der Waals surface area contributed by atoms with Gasteiger partial charge in [0.25, 0.3) is 5.91 Å². The highest BCUT2D eigenvalue weighted by Crippen LogP contribution is 2.42. The fourth-order valence-corrected chi connectivity index (χ4v) is 5.23. The van der Waals surface area contributed by atoms with Crippen molar-refractivity contribution in [2.75, 3.05) is 19.7 Å². The van der Waals surface area contributed by atoms with Crippen molar-refractivity contribution in [3.05, 3.63) is 11.8 Å². The highest BCUT2D eigenvalue weighted by molar-refractivity contribution is 6.02. The van der Waals surface area contributed by atoms with Crippen molar-refractivity contribution < 1.29 is 41.9 Å². The fraction of sp³-hybridized carbons (Fsp3) is 0.682. The van der Waals surface area contributed by atoms with Crippen LogP contribution in [0.4, 0.5) is 13.2 Å². The molecule has 0 unspecified atom stereocenters. The van der Waals surface area contributed by atoms with Crippen molar-refractivity contribution >= 4 is 29.3 Å². The van der Waals surface area contributed by atoms with Crippen LogP contribution in [0.5, 0.6) is 0 Å². The third-order valence-electron chi connectivity index (χ3n) is 6.79. The molecule has 5 atom stereocenters. The van der Waals surface area contributed by atoms with Gasteiger partial charge >= 0.3 is 6.36 Å². The summed E-state index contributed by atoms with van der Waals surface area (Å²) in [6.45, 7) is 0.487. The highest BCUT2D eigenvalue weighted by Gasteiger charge is 2.50. The number of nitrogens with two attached hydrogens (primary N) is 1. The summed E-state index contributed by atoms with van der Waals surface area (Å²) >= 11 is 0. The van der Waals surface area contributed by atoms with Gasteiger partial charge in [-0.05, 0) is 44.4 Å². The molecule has 3 rings (SSSR count). The molecule has 3 fully saturated rings. The molecule has 0 aromatic rings. The maximum atomic E-state index is 13.4. The maximum Gasteiger partial charge on any atom is 0.522 e. The van der Waals surface area contributed by atoms with Crippen molar-refractivity contribution in [1.29, 1.82) is 0 Å². The van der Waals surface area contributed by atoms with Crippen LogP contribution in [0.2, 0.25) is 0 Å². The van der Waals surface area contributed by atoms with E-state index in [4.69, 9.17) is 5.73 Å². The third kappa shape index (κ3) is 6.59. The van der Waals surface area contributed by atoms with Crippen molar-refractivity contribution in [2.45, 2.75) is 57.5 Å². The minimum atomic E-state index is -5.04. The van der Waals surface area contributed by atoms with Gasteiger partial charge in [-0.15, -0.1) is 13.2 Å². The second-order valence-corrected chi connectivity index (χ2v) is 9.24. The van der Waals surface area contributed by atoms with Gasteiger partial charge < -0.3 is 21.3 Å². The van der Waals surface area contributed by atoms with Gasteiger partial charge in [-0.3, -0.25) is 28.7 Å². The number of nitrogens with one attached hydrogen (secondary N) is 2. The first-order valence-electron chi connectivity index (χ1n) is 11.5. The van der Waals surface area contributed by atoms with E-state index in [0.29, 0.717) is 19.4 Å². The molecule has 1 saturated carbocycles. The molecule has 0 spiro atoms. The van der Waals surface area contributed by atoms with Crippen molar-refractivity contribution in [2.24, 2.45) is 23.5 Å². The Balaban J connectivity index is 1.80. The minimum absolute atomic E-state index is 0.0168. The molecule has 0 aromatic heterocycles. The smallest absolute Gasteiger partial charge is 0.394 e. The molecule has 0 bridgehead atoms. The monoisotopic (exact) mass is 502 g/mol. The number of nitrogens with zero attached hydrogens (tertiary/aromatic N) is 1. The van der Waals surface area contributed by atoms with Gasteiger partial charge in [0.2, 0.25) is 11.8 Å². The number of hydrogen-bond acceptors (Lipinski definition) is 7. The minimum Gasteiger partial charge on any atom is -0.394 e. The number of alkyl halides is 3. The van der Waals surface area contributed by atoms with E-state index < -0.39 is 54.4 Å². The molecule has 0 aromatic carbocycles. The second kappa shape index (κ2) is 10.8. The van der Waals surface area contributed by atoms with Gasteiger partial charge in [0, 0.05) is 25.1 Å². The first kappa shape index (κ1) is 26.6. The average Bonchev–Trinajstić information content (AvgIpc) is 3.46. The third-order valence-corrected chi connectivity index (χ3v) is 6.79. The number of likely N-dealkylation sites (tertiary alicyclic amines) is 1. The van der Waals surface area contributed by atoms with E-state index in [-0.39, 0.29) is 36.4 Å². The van der Waals surface area contributed by atoms with E-state index in [0.717, 1.165) is 18.9 Å². The summed E-state index contributed by atoms with van der Waals surface area (Å²) in [7, 11) is 0. The first-order chi connectivity index (χ1) is 16.4. The van der Waals surface area contributed by atoms with Gasteiger partial charge in [0.1, 0.15) is 18.3 Å². The topological polar surface area (TPSA) is 148 Å². The average molecular weight is 502 g/mol. The van der Waals surface area contributed by atoms with E-state index in [1.54, 1.807) is 0 Å². The molecule has 2 saturated heterocycles. The zero-order valence-electron chi connectivity index (χ0n) is 19.2. The molecule has 3 aliphatic rings. The zero-order valence-corrected chi connectivity index (χ0v) is 19.2. The molecule has 2 heterocycles. The number of amides is 3. The number of allylic oxidation sites excluding steroid dienone is 1. The SMILES string of the molecule is CC(=O)C=C(N)C(=O)N1C[C@@H]2CCC[C@@H]2[C@H]1C(=O)N[C@@H](C[C@@H]1CCNC1=O)C(=O)COC(F)(F)F. The van der Waals surface area contributed by atoms with Crippen LogP contribution in [-0.4, -0.2) is 72.3 Å². The van der Waals surface area contributed by atoms with Gasteiger partial charge in [-0.2, -0.15) is 0 Å². The lowest BCUT2D eigenvalue weighted by molar-refractivity contribution is -0.321. The summed E-state index contributed by atoms with van der Waals surface area (Å²) in [6, 6.07) is -2.42. The largest absolute Gasteiger partial charge is 0.522 e. The van der Waals surface area contributed by atoms with Crippen LogP contribution >= 0.6 is 0 Å². The zero-order chi connectivity index (χ0) is 25.9. The summed E-state index contributed by atoms with van der Waals surface area (Å²) in [5, 5.41) is 5.07. The van der Waals surface area contributed by atoms with Crippen LogP contribution in [-0.2, 0) is 28.7 Å². The first-order valence-corrected chi connectivity index (χ1v) is 11.5. The molecule has 4 N–H and O–H groups in total. The van der Waals surface area contributed by atoms with Crippen molar-refractivity contribution in [3.8, 4) is 0 Å². The van der Waals surface area contributed by atoms with Crippen molar-refractivity contribution in [1.82, 2.24) is 15.5 Å². The number of halogens is 3. The van der Waals surface area contributed by atoms with Gasteiger partial charge in [-0.25, -0.2) is 0 Å². The Kier molecular flexibility index (Phi) is 8.18. The van der Waals surface area contributed by atoms with E-state index in [1.165, 1.54) is 11.8 Å². The summed E-state index contributed by atoms with van der Waals surface area (Å²) < 4.78 is 41.1. The lowest BCUT2D eigenvalue weighted by Gasteiger charge is -2.29. The summed E-state index contributed by atoms with van der Waals surface area (Å²) in [4.78, 5) is 63.5. The molecule has 0 radical (unpaired) electrons. The number of carbonyl (C=O) groups is 5. The van der Waals surface area contributed by atoms with Crippen LogP contribution in [0, 0.1) is 17.8 Å². The quantitative estimate of drug-likeness (QED) is 0.381. The maximum absolute atomic E-state index is 13.4. The predicted molar refractivity (Wildman–Crippen MR) is 114 cm³/mol. The van der Waals surface area contributed by atoms with E-state index in [9.17, 15) is 37.1 Å². The molecular weight excluding hydrogens is 473 g/mol. The molecule has 1 aliphatic carbocycles. The van der Waals surface area contributed by atoms with E-state index in [1.807, 2.05) is 0 Å². The second-order valence-electron chi connectivity index (χ2n) is 9.24. The number of ketones is 2. The molecule has 10 nitrogen and oxygen atoms in total. The number of hydrogen-bond donors (Lipinski definition) is 3. The number of carbonyl (C=O) groups excluding carboxylic acids is 5.